The molecule has 2 N–H and O–H groups in total. The van der Waals surface area contributed by atoms with Crippen molar-refractivity contribution in [3.05, 3.63) is 29.8 Å². The van der Waals surface area contributed by atoms with Gasteiger partial charge in [-0.1, -0.05) is 0 Å². The molecule has 1 aromatic rings. The largest absolute Gasteiger partial charge is 0.870 e. The van der Waals surface area contributed by atoms with Crippen molar-refractivity contribution in [2.24, 2.45) is 0 Å². The number of rotatable bonds is 2. The molecular formula is C8H11BO3. The molecule has 4 heteroatoms. The van der Waals surface area contributed by atoms with E-state index in [2.05, 4.69) is 0 Å². The second kappa shape index (κ2) is 6.85. The van der Waals surface area contributed by atoms with E-state index >= 15 is 0 Å². The molecule has 0 atom stereocenters. The van der Waals surface area contributed by atoms with Gasteiger partial charge in [0.25, 0.3) is 0 Å². The molecule has 64 valence electrons. The van der Waals surface area contributed by atoms with Crippen LogP contribution in [0.4, 0.5) is 0 Å². The number of hydrogen-bond acceptors (Lipinski definition) is 3. The van der Waals surface area contributed by atoms with E-state index in [9.17, 15) is 0 Å². The predicted molar refractivity (Wildman–Crippen MR) is 46.4 cm³/mol. The quantitative estimate of drug-likeness (QED) is 0.592. The molecule has 12 heavy (non-hydrogen) atoms. The molecule has 0 amide bonds. The molecule has 0 aliphatic heterocycles. The molecule has 0 radical (unpaired) electrons. The Morgan fingerprint density at radius 3 is 2.33 bits per heavy atom. The first-order chi connectivity index (χ1) is 4.84. The first-order valence-corrected chi connectivity index (χ1v) is 3.17. The second-order valence-electron chi connectivity index (χ2n) is 2.13. The van der Waals surface area contributed by atoms with Gasteiger partial charge in [0.1, 0.15) is 0 Å². The summed E-state index contributed by atoms with van der Waals surface area (Å²) < 4.78 is 4.93. The van der Waals surface area contributed by atoms with Crippen LogP contribution in [0, 0.1) is 0 Å². The Hall–Kier alpha value is -0.835. The van der Waals surface area contributed by atoms with Crippen molar-refractivity contribution in [2.75, 3.05) is 7.11 Å². The van der Waals surface area contributed by atoms with Crippen LogP contribution in [0.3, 0.4) is 0 Å². The fourth-order valence-electron chi connectivity index (χ4n) is 0.821. The maximum absolute atomic E-state index is 5.63. The molecule has 1 rings (SSSR count). The summed E-state index contributed by atoms with van der Waals surface area (Å²) in [5.74, 6) is 0. The molecule has 1 aromatic carbocycles. The van der Waals surface area contributed by atoms with E-state index in [4.69, 9.17) is 12.6 Å². The zero-order valence-electron chi connectivity index (χ0n) is 6.90. The Morgan fingerprint density at radius 1 is 1.25 bits per heavy atom. The van der Waals surface area contributed by atoms with Crippen molar-refractivity contribution < 1.29 is 15.7 Å². The summed E-state index contributed by atoms with van der Waals surface area (Å²) in [6.45, 7) is 0.590. The molecule has 0 bridgehead atoms. The minimum absolute atomic E-state index is 0. The fraction of sp³-hybridized carbons (Fsp3) is 0.250. The van der Waals surface area contributed by atoms with Crippen molar-refractivity contribution >= 4 is 13.3 Å². The van der Waals surface area contributed by atoms with E-state index in [1.54, 1.807) is 7.11 Å². The molecule has 3 nitrogen and oxygen atoms in total. The van der Waals surface area contributed by atoms with E-state index in [0.29, 0.717) is 6.61 Å². The summed E-state index contributed by atoms with van der Waals surface area (Å²) in [6.07, 6.45) is 0. The van der Waals surface area contributed by atoms with Gasteiger partial charge in [0.05, 0.1) is 0 Å². The Bertz CT molecular complexity index is 215. The number of benzene rings is 1. The van der Waals surface area contributed by atoms with Gasteiger partial charge in [-0.05, 0) is 0 Å². The summed E-state index contributed by atoms with van der Waals surface area (Å²) >= 11 is 0. The minimum atomic E-state index is 0. The van der Waals surface area contributed by atoms with Crippen molar-refractivity contribution in [3.63, 3.8) is 0 Å². The van der Waals surface area contributed by atoms with E-state index in [-0.39, 0.29) is 11.0 Å². The first kappa shape index (κ1) is 13.7. The third-order valence-electron chi connectivity index (χ3n) is 1.35. The zero-order valence-corrected chi connectivity index (χ0v) is 6.90. The van der Waals surface area contributed by atoms with Gasteiger partial charge in [0, 0.05) is 0 Å². The second-order valence-corrected chi connectivity index (χ2v) is 2.13. The summed E-state index contributed by atoms with van der Waals surface area (Å²) in [6, 6.07) is 7.69. The van der Waals surface area contributed by atoms with Crippen LogP contribution < -0.4 is 5.46 Å². The number of hydrogen-bond donors (Lipinski definition) is 0. The average molecular weight is 166 g/mol. The molecular weight excluding hydrogens is 155 g/mol. The van der Waals surface area contributed by atoms with Crippen molar-refractivity contribution in [3.8, 4) is 0 Å². The van der Waals surface area contributed by atoms with Crippen molar-refractivity contribution in [1.29, 1.82) is 0 Å². The van der Waals surface area contributed by atoms with Crippen molar-refractivity contribution in [1.82, 2.24) is 0 Å². The summed E-state index contributed by atoms with van der Waals surface area (Å²) in [4.78, 5) is 0. The average Bonchev–Trinajstić information content (AvgIpc) is 1.94. The van der Waals surface area contributed by atoms with Crippen LogP contribution in [0.2, 0.25) is 0 Å². The van der Waals surface area contributed by atoms with E-state index in [1.165, 1.54) is 0 Å². The van der Waals surface area contributed by atoms with Crippen LogP contribution in [0.25, 0.3) is 0 Å². The van der Waals surface area contributed by atoms with Crippen LogP contribution >= 0.6 is 0 Å². The van der Waals surface area contributed by atoms with Gasteiger partial charge in [-0.15, -0.1) is 0 Å². The Morgan fingerprint density at radius 2 is 1.83 bits per heavy atom. The standard InChI is InChI=1S/C8H9BO.2H2O/c1-10-6-7-4-2-3-5-8(7)9;;/h2-5H,6H2,1H3;2*1H2/q+2;;/p-2. The maximum Gasteiger partial charge on any atom is -0.870 e. The molecule has 0 aromatic heterocycles. The van der Waals surface area contributed by atoms with Crippen LogP contribution in [-0.2, 0) is 11.3 Å². The molecule has 0 heterocycles. The Balaban J connectivity index is 0. The molecule has 0 saturated carbocycles. The summed E-state index contributed by atoms with van der Waals surface area (Å²) in [7, 11) is 7.29. The van der Waals surface area contributed by atoms with Gasteiger partial charge in [0.2, 0.25) is 0 Å². The molecule has 0 fully saturated rings. The molecule has 0 saturated heterocycles. The van der Waals surface area contributed by atoms with Crippen LogP contribution in [-0.4, -0.2) is 25.9 Å². The van der Waals surface area contributed by atoms with E-state index < -0.39 is 0 Å². The zero-order chi connectivity index (χ0) is 7.40. The molecule has 0 aliphatic rings. The SMILES string of the molecule is [B+2]c1ccccc1COC.[OH-].[OH-]. The third kappa shape index (κ3) is 3.53. The minimum Gasteiger partial charge on any atom is -0.870 e. The molecule has 0 unspecified atom stereocenters. The Kier molecular flexibility index (Phi) is 7.84. The molecule has 0 spiro atoms. The van der Waals surface area contributed by atoms with Crippen LogP contribution in [0.5, 0.6) is 0 Å². The number of methoxy groups -OCH3 is 1. The van der Waals surface area contributed by atoms with E-state index in [1.807, 2.05) is 24.3 Å². The van der Waals surface area contributed by atoms with Gasteiger partial charge < -0.3 is 11.0 Å². The van der Waals surface area contributed by atoms with Crippen LogP contribution in [0.1, 0.15) is 5.56 Å². The normalized spacial score (nSPS) is 8.25. The third-order valence-corrected chi connectivity index (χ3v) is 1.35. The maximum atomic E-state index is 5.63. The van der Waals surface area contributed by atoms with Gasteiger partial charge >= 0.3 is 61.6 Å². The monoisotopic (exact) mass is 166 g/mol. The summed E-state index contributed by atoms with van der Waals surface area (Å²) in [5, 5.41) is 0. The predicted octanol–water partition coefficient (Wildman–Crippen LogP) is 0.273. The first-order valence-electron chi connectivity index (χ1n) is 3.17. The number of ether oxygens (including phenoxy) is 1. The fourth-order valence-corrected chi connectivity index (χ4v) is 0.821. The van der Waals surface area contributed by atoms with E-state index in [0.717, 1.165) is 11.0 Å². The molecule has 0 aliphatic carbocycles. The Labute approximate surface area is 73.4 Å². The van der Waals surface area contributed by atoms with Gasteiger partial charge in [0.15, 0.2) is 0 Å². The van der Waals surface area contributed by atoms with Gasteiger partial charge in [-0.3, -0.25) is 0 Å². The summed E-state index contributed by atoms with van der Waals surface area (Å²) in [5.41, 5.74) is 1.84. The van der Waals surface area contributed by atoms with Gasteiger partial charge in [-0.25, -0.2) is 0 Å². The van der Waals surface area contributed by atoms with Crippen LogP contribution in [0.15, 0.2) is 24.3 Å². The smallest absolute Gasteiger partial charge is 0.870 e. The van der Waals surface area contributed by atoms with Crippen molar-refractivity contribution in [2.45, 2.75) is 6.61 Å². The van der Waals surface area contributed by atoms with Gasteiger partial charge in [-0.2, -0.15) is 0 Å². The topological polar surface area (TPSA) is 69.2 Å².